The van der Waals surface area contributed by atoms with Gasteiger partial charge in [-0.2, -0.15) is 0 Å². The number of ether oxygens (including phenoxy) is 2. The van der Waals surface area contributed by atoms with E-state index in [0.29, 0.717) is 35.8 Å². The predicted octanol–water partition coefficient (Wildman–Crippen LogP) is 3.30. The largest absolute Gasteiger partial charge is 0.343 e. The van der Waals surface area contributed by atoms with Crippen molar-refractivity contribution in [3.8, 4) is 0 Å². The Morgan fingerprint density at radius 2 is 1.81 bits per heavy atom. The summed E-state index contributed by atoms with van der Waals surface area (Å²) in [6.45, 7) is 1.01. The molecule has 9 heteroatoms. The lowest BCUT2D eigenvalue weighted by atomic mass is 10.1. The van der Waals surface area contributed by atoms with Crippen LogP contribution in [0, 0.1) is 10.1 Å². The van der Waals surface area contributed by atoms with E-state index in [2.05, 4.69) is 0 Å². The van der Waals surface area contributed by atoms with Gasteiger partial charge in [0.05, 0.1) is 27.9 Å². The summed E-state index contributed by atoms with van der Waals surface area (Å²) in [7, 11) is -3.29. The molecule has 1 spiro atoms. The number of nitro groups is 1. The Hall–Kier alpha value is -1.94. The topological polar surface area (TPSA) is 95.7 Å². The molecule has 0 amide bonds. The molecule has 1 aliphatic heterocycles. The average molecular weight is 407 g/mol. The summed E-state index contributed by atoms with van der Waals surface area (Å²) in [5.74, 6) is -0.792. The Labute approximate surface area is 160 Å². The van der Waals surface area contributed by atoms with E-state index in [0.717, 1.165) is 17.4 Å². The summed E-state index contributed by atoms with van der Waals surface area (Å²) in [4.78, 5) is 12.6. The van der Waals surface area contributed by atoms with Crippen LogP contribution in [0.5, 0.6) is 0 Å². The van der Waals surface area contributed by atoms with Crippen molar-refractivity contribution in [2.24, 2.45) is 0 Å². The van der Waals surface area contributed by atoms with Gasteiger partial charge in [0, 0.05) is 29.2 Å². The maximum atomic E-state index is 11.6. The van der Waals surface area contributed by atoms with Crippen molar-refractivity contribution in [3.63, 3.8) is 0 Å². The fourth-order valence-electron chi connectivity index (χ4n) is 3.47. The van der Waals surface area contributed by atoms with Crippen molar-refractivity contribution in [3.05, 3.63) is 57.6 Å². The molecule has 0 unspecified atom stereocenters. The Bertz CT molecular complexity index is 1010. The van der Waals surface area contributed by atoms with Gasteiger partial charge in [-0.3, -0.25) is 10.1 Å². The monoisotopic (exact) mass is 407 g/mol. The lowest BCUT2D eigenvalue weighted by Crippen LogP contribution is -2.23. The third-order valence-electron chi connectivity index (χ3n) is 4.75. The molecule has 27 heavy (non-hydrogen) atoms. The number of nitrogens with zero attached hydrogens (tertiary/aromatic N) is 1. The Morgan fingerprint density at radius 3 is 2.41 bits per heavy atom. The van der Waals surface area contributed by atoms with E-state index in [1.54, 1.807) is 24.3 Å². The van der Waals surface area contributed by atoms with Crippen LogP contribution in [0.15, 0.2) is 51.1 Å². The highest BCUT2D eigenvalue weighted by molar-refractivity contribution is 7.99. The maximum absolute atomic E-state index is 11.6. The van der Waals surface area contributed by atoms with Gasteiger partial charge in [-0.25, -0.2) is 8.42 Å². The van der Waals surface area contributed by atoms with E-state index in [1.807, 2.05) is 0 Å². The van der Waals surface area contributed by atoms with E-state index < -0.39 is 20.5 Å². The maximum Gasteiger partial charge on any atom is 0.283 e. The number of nitro benzene ring substituents is 1. The quantitative estimate of drug-likeness (QED) is 0.567. The van der Waals surface area contributed by atoms with Crippen LogP contribution in [0.2, 0.25) is 0 Å². The zero-order chi connectivity index (χ0) is 19.2. The molecular formula is C18H17NO6S2. The third-order valence-corrected chi connectivity index (χ3v) is 6.93. The minimum atomic E-state index is -3.29. The van der Waals surface area contributed by atoms with E-state index in [-0.39, 0.29) is 10.6 Å². The molecule has 142 valence electrons. The summed E-state index contributed by atoms with van der Waals surface area (Å²) in [5.41, 5.74) is 1.75. The molecule has 0 atom stereocenters. The van der Waals surface area contributed by atoms with E-state index in [4.69, 9.17) is 9.47 Å². The van der Waals surface area contributed by atoms with Gasteiger partial charge < -0.3 is 9.47 Å². The first-order valence-electron chi connectivity index (χ1n) is 8.36. The molecule has 0 radical (unpaired) electrons. The predicted molar refractivity (Wildman–Crippen MR) is 98.7 cm³/mol. The molecule has 0 N–H and O–H groups in total. The fourth-order valence-corrected chi connectivity index (χ4v) is 5.04. The van der Waals surface area contributed by atoms with Gasteiger partial charge in [0.25, 0.3) is 5.69 Å². The molecule has 2 aromatic rings. The van der Waals surface area contributed by atoms with Gasteiger partial charge >= 0.3 is 0 Å². The molecule has 0 bridgehead atoms. The summed E-state index contributed by atoms with van der Waals surface area (Å²) in [6.07, 6.45) is 2.46. The third kappa shape index (κ3) is 3.36. The van der Waals surface area contributed by atoms with Crippen LogP contribution in [-0.4, -0.2) is 32.8 Å². The number of rotatable bonds is 4. The normalized spacial score (nSPS) is 18.0. The standard InChI is InChI=1S/C18H17NO6S2/c1-27(22,23)14-4-2-13(3-5-14)26-17-11-15-12(10-16(17)19(20)21)6-7-18(15)24-8-9-25-18/h2-5,10-11H,6-9H2,1H3. The van der Waals surface area contributed by atoms with Crippen LogP contribution < -0.4 is 0 Å². The second kappa shape index (κ2) is 6.59. The minimum absolute atomic E-state index is 0.0287. The van der Waals surface area contributed by atoms with Crippen LogP contribution in [0.1, 0.15) is 17.5 Å². The van der Waals surface area contributed by atoms with E-state index >= 15 is 0 Å². The highest BCUT2D eigenvalue weighted by Crippen LogP contribution is 2.48. The molecular weight excluding hydrogens is 390 g/mol. The molecule has 0 saturated carbocycles. The molecule has 1 saturated heterocycles. The van der Waals surface area contributed by atoms with Crippen LogP contribution in [0.3, 0.4) is 0 Å². The summed E-state index contributed by atoms with van der Waals surface area (Å²) in [5, 5.41) is 11.6. The van der Waals surface area contributed by atoms with Crippen LogP contribution >= 0.6 is 11.8 Å². The molecule has 1 aliphatic carbocycles. The highest BCUT2D eigenvalue weighted by atomic mass is 32.2. The minimum Gasteiger partial charge on any atom is -0.343 e. The SMILES string of the molecule is CS(=O)(=O)c1ccc(Sc2cc3c(cc2[N+](=O)[O-])CCC32OCCO2)cc1. The first-order chi connectivity index (χ1) is 12.8. The van der Waals surface area contributed by atoms with Crippen molar-refractivity contribution in [1.82, 2.24) is 0 Å². The van der Waals surface area contributed by atoms with E-state index in [9.17, 15) is 18.5 Å². The van der Waals surface area contributed by atoms with Gasteiger partial charge in [0.1, 0.15) is 0 Å². The van der Waals surface area contributed by atoms with Crippen LogP contribution in [0.25, 0.3) is 0 Å². The Balaban J connectivity index is 1.72. The molecule has 7 nitrogen and oxygen atoms in total. The molecule has 4 rings (SSSR count). The van der Waals surface area contributed by atoms with Crippen molar-refractivity contribution in [2.75, 3.05) is 19.5 Å². The summed E-state index contributed by atoms with van der Waals surface area (Å²) < 4.78 is 34.8. The van der Waals surface area contributed by atoms with Gasteiger partial charge in [-0.1, -0.05) is 11.8 Å². The zero-order valence-corrected chi connectivity index (χ0v) is 16.1. The molecule has 2 aromatic carbocycles. The molecule has 1 heterocycles. The lowest BCUT2D eigenvalue weighted by molar-refractivity contribution is -0.387. The summed E-state index contributed by atoms with van der Waals surface area (Å²) in [6, 6.07) is 9.68. The first kappa shape index (κ1) is 18.4. The first-order valence-corrected chi connectivity index (χ1v) is 11.1. The van der Waals surface area contributed by atoms with Gasteiger partial charge in [-0.05, 0) is 42.3 Å². The number of benzene rings is 2. The second-order valence-corrected chi connectivity index (χ2v) is 9.66. The molecule has 0 aromatic heterocycles. The van der Waals surface area contributed by atoms with Gasteiger partial charge in [0.2, 0.25) is 0 Å². The Kier molecular flexibility index (Phi) is 4.50. The van der Waals surface area contributed by atoms with Crippen LogP contribution in [0.4, 0.5) is 5.69 Å². The number of aryl methyl sites for hydroxylation is 1. The molecule has 2 aliphatic rings. The number of hydrogen-bond acceptors (Lipinski definition) is 7. The smallest absolute Gasteiger partial charge is 0.283 e. The van der Waals surface area contributed by atoms with Crippen molar-refractivity contribution < 1.29 is 22.8 Å². The number of fused-ring (bicyclic) bond motifs is 2. The van der Waals surface area contributed by atoms with E-state index in [1.165, 1.54) is 23.9 Å². The average Bonchev–Trinajstić information content (AvgIpc) is 3.22. The fraction of sp³-hybridized carbons (Fsp3) is 0.333. The lowest BCUT2D eigenvalue weighted by Gasteiger charge is -2.23. The number of sulfone groups is 1. The Morgan fingerprint density at radius 1 is 1.15 bits per heavy atom. The van der Waals surface area contributed by atoms with Gasteiger partial charge in [0.15, 0.2) is 15.6 Å². The summed E-state index contributed by atoms with van der Waals surface area (Å²) >= 11 is 1.22. The number of hydrogen-bond donors (Lipinski definition) is 0. The zero-order valence-electron chi connectivity index (χ0n) is 14.5. The molecule has 1 fully saturated rings. The van der Waals surface area contributed by atoms with Crippen molar-refractivity contribution in [2.45, 2.75) is 33.3 Å². The van der Waals surface area contributed by atoms with Crippen molar-refractivity contribution in [1.29, 1.82) is 0 Å². The second-order valence-electron chi connectivity index (χ2n) is 6.53. The van der Waals surface area contributed by atoms with Gasteiger partial charge in [-0.15, -0.1) is 0 Å². The van der Waals surface area contributed by atoms with Crippen LogP contribution in [-0.2, 0) is 31.5 Å². The highest BCUT2D eigenvalue weighted by Gasteiger charge is 2.45. The van der Waals surface area contributed by atoms with Crippen molar-refractivity contribution >= 4 is 27.3 Å².